The Morgan fingerprint density at radius 2 is 2.15 bits per heavy atom. The maximum Gasteiger partial charge on any atom is 0.305 e. The maximum absolute atomic E-state index is 12.3. The fourth-order valence-corrected chi connectivity index (χ4v) is 1.87. The highest BCUT2D eigenvalue weighted by atomic mass is 32.3. The van der Waals surface area contributed by atoms with Crippen LogP contribution in [0, 0.1) is 0 Å². The van der Waals surface area contributed by atoms with Gasteiger partial charge in [0, 0.05) is 0 Å². The van der Waals surface area contributed by atoms with Crippen molar-refractivity contribution in [3.05, 3.63) is 0 Å². The van der Waals surface area contributed by atoms with Crippen molar-refractivity contribution in [2.24, 2.45) is 0 Å². The second kappa shape index (κ2) is 3.51. The maximum atomic E-state index is 12.3. The second-order valence-corrected chi connectivity index (χ2v) is 5.13. The Kier molecular flexibility index (Phi) is 2.94. The molecule has 0 aromatic rings. The molecule has 0 aromatic heterocycles. The van der Waals surface area contributed by atoms with E-state index in [-0.39, 0.29) is 6.61 Å². The molecule has 0 saturated carbocycles. The van der Waals surface area contributed by atoms with Gasteiger partial charge in [-0.05, 0) is 13.8 Å². The second-order valence-electron chi connectivity index (χ2n) is 3.72. The summed E-state index contributed by atoms with van der Waals surface area (Å²) in [5.41, 5.74) is -0.534. The highest BCUT2D eigenvalue weighted by molar-refractivity contribution is 7.86. The molecule has 0 spiro atoms. The Hall–Kier alpha value is -0.200. The lowest BCUT2D eigenvalue weighted by molar-refractivity contribution is -0.174. The van der Waals surface area contributed by atoms with Gasteiger partial charge >= 0.3 is 10.2 Å². The molecule has 1 unspecified atom stereocenters. The van der Waals surface area contributed by atoms with Crippen LogP contribution in [-0.4, -0.2) is 39.1 Å². The molecule has 0 bridgehead atoms. The van der Waals surface area contributed by atoms with Gasteiger partial charge in [0.2, 0.25) is 0 Å². The lowest BCUT2D eigenvalue weighted by Gasteiger charge is -2.35. The summed E-state index contributed by atoms with van der Waals surface area (Å²) in [4.78, 5) is 0. The largest absolute Gasteiger partial charge is 0.376 e. The van der Waals surface area contributed by atoms with Gasteiger partial charge in [0.05, 0.1) is 24.9 Å². The molecule has 0 N–H and O–H groups in total. The van der Waals surface area contributed by atoms with Gasteiger partial charge in [-0.2, -0.15) is 8.42 Å². The molecule has 78 valence electrons. The minimum Gasteiger partial charge on any atom is -0.376 e. The van der Waals surface area contributed by atoms with Crippen LogP contribution in [0.5, 0.6) is 0 Å². The number of ether oxygens (including phenoxy) is 2. The smallest absolute Gasteiger partial charge is 0.305 e. The average Bonchev–Trinajstić information content (AvgIpc) is 1.79. The average molecular weight is 212 g/mol. The van der Waals surface area contributed by atoms with Gasteiger partial charge in [-0.25, -0.2) is 0 Å². The summed E-state index contributed by atoms with van der Waals surface area (Å²) < 4.78 is 43.3. The van der Waals surface area contributed by atoms with Crippen LogP contribution in [-0.2, 0) is 19.7 Å². The van der Waals surface area contributed by atoms with Crippen molar-refractivity contribution in [3.8, 4) is 0 Å². The van der Waals surface area contributed by atoms with Gasteiger partial charge < -0.3 is 9.47 Å². The van der Waals surface area contributed by atoms with Crippen LogP contribution in [0.25, 0.3) is 0 Å². The fraction of sp³-hybridized carbons (Fsp3) is 1.00. The van der Waals surface area contributed by atoms with E-state index in [1.54, 1.807) is 13.8 Å². The van der Waals surface area contributed by atoms with Gasteiger partial charge in [-0.15, -0.1) is 3.89 Å². The topological polar surface area (TPSA) is 52.6 Å². The van der Waals surface area contributed by atoms with Crippen molar-refractivity contribution in [1.82, 2.24) is 0 Å². The van der Waals surface area contributed by atoms with E-state index in [0.29, 0.717) is 6.61 Å². The zero-order valence-corrected chi connectivity index (χ0v) is 8.43. The van der Waals surface area contributed by atoms with Crippen molar-refractivity contribution in [3.63, 3.8) is 0 Å². The number of halogens is 1. The lowest BCUT2D eigenvalue weighted by Crippen LogP contribution is -2.45. The molecule has 1 aliphatic rings. The Labute approximate surface area is 77.2 Å². The zero-order chi connectivity index (χ0) is 10.1. The van der Waals surface area contributed by atoms with Crippen molar-refractivity contribution in [2.45, 2.75) is 25.6 Å². The normalized spacial score (nSPS) is 28.7. The van der Waals surface area contributed by atoms with Gasteiger partial charge in [-0.1, -0.05) is 0 Å². The van der Waals surface area contributed by atoms with Gasteiger partial charge in [0.25, 0.3) is 0 Å². The number of hydrogen-bond acceptors (Lipinski definition) is 4. The number of hydrogen-bond donors (Lipinski definition) is 0. The van der Waals surface area contributed by atoms with E-state index in [1.165, 1.54) is 0 Å². The Morgan fingerprint density at radius 1 is 1.54 bits per heavy atom. The molecule has 0 aromatic carbocycles. The molecule has 4 nitrogen and oxygen atoms in total. The summed E-state index contributed by atoms with van der Waals surface area (Å²) in [6, 6.07) is 0. The van der Waals surface area contributed by atoms with E-state index in [2.05, 4.69) is 0 Å². The summed E-state index contributed by atoms with van der Waals surface area (Å²) >= 11 is 0. The van der Waals surface area contributed by atoms with E-state index in [0.717, 1.165) is 0 Å². The summed E-state index contributed by atoms with van der Waals surface area (Å²) in [5, 5.41) is 0. The molecular weight excluding hydrogens is 199 g/mol. The lowest BCUT2D eigenvalue weighted by atomic mass is 10.1. The molecule has 1 heterocycles. The molecule has 13 heavy (non-hydrogen) atoms. The molecule has 1 saturated heterocycles. The first-order chi connectivity index (χ1) is 5.79. The molecule has 0 amide bonds. The van der Waals surface area contributed by atoms with E-state index in [9.17, 15) is 12.3 Å². The van der Waals surface area contributed by atoms with E-state index < -0.39 is 27.7 Å². The van der Waals surface area contributed by atoms with Crippen LogP contribution in [0.15, 0.2) is 0 Å². The Bertz CT molecular complexity index is 272. The third-order valence-electron chi connectivity index (χ3n) is 1.62. The van der Waals surface area contributed by atoms with Gasteiger partial charge in [0.1, 0.15) is 5.75 Å². The third kappa shape index (κ3) is 4.02. The zero-order valence-electron chi connectivity index (χ0n) is 7.62. The van der Waals surface area contributed by atoms with E-state index >= 15 is 0 Å². The van der Waals surface area contributed by atoms with E-state index in [4.69, 9.17) is 9.47 Å². The van der Waals surface area contributed by atoms with Crippen molar-refractivity contribution in [2.75, 3.05) is 19.0 Å². The molecule has 1 aliphatic heterocycles. The van der Waals surface area contributed by atoms with Crippen molar-refractivity contribution in [1.29, 1.82) is 0 Å². The molecule has 6 heteroatoms. The van der Waals surface area contributed by atoms with Crippen LogP contribution in [0.2, 0.25) is 0 Å². The predicted molar refractivity (Wildman–Crippen MR) is 44.7 cm³/mol. The molecule has 1 fully saturated rings. The molecular formula is C7H13FO4S. The van der Waals surface area contributed by atoms with E-state index in [1.807, 2.05) is 0 Å². The molecule has 1 rings (SSSR count). The van der Waals surface area contributed by atoms with Crippen molar-refractivity contribution >= 4 is 10.2 Å². The summed E-state index contributed by atoms with van der Waals surface area (Å²) in [5.74, 6) is -0.629. The van der Waals surface area contributed by atoms with Gasteiger partial charge in [0.15, 0.2) is 0 Å². The molecule has 1 atom stereocenters. The highest BCUT2D eigenvalue weighted by Crippen LogP contribution is 2.19. The Morgan fingerprint density at radius 3 is 2.62 bits per heavy atom. The Balaban J connectivity index is 2.53. The SMILES string of the molecule is CC1(C)COCC(CS(=O)(=O)F)O1. The summed E-state index contributed by atoms with van der Waals surface area (Å²) in [6.45, 7) is 4.07. The predicted octanol–water partition coefficient (Wildman–Crippen LogP) is 0.480. The van der Waals surface area contributed by atoms with Crippen LogP contribution < -0.4 is 0 Å². The summed E-state index contributed by atoms with van der Waals surface area (Å²) in [6.07, 6.45) is -0.696. The number of rotatable bonds is 2. The van der Waals surface area contributed by atoms with Crippen LogP contribution in [0.1, 0.15) is 13.8 Å². The first-order valence-electron chi connectivity index (χ1n) is 3.96. The third-order valence-corrected chi connectivity index (χ3v) is 2.39. The summed E-state index contributed by atoms with van der Waals surface area (Å²) in [7, 11) is -4.48. The standard InChI is InChI=1S/C7H13FO4S/c1-7(2)5-11-3-6(12-7)4-13(8,9)10/h6H,3-5H2,1-2H3. The van der Waals surface area contributed by atoms with Crippen LogP contribution in [0.3, 0.4) is 0 Å². The van der Waals surface area contributed by atoms with Gasteiger partial charge in [-0.3, -0.25) is 0 Å². The first kappa shape index (κ1) is 10.9. The minimum absolute atomic E-state index is 0.132. The monoisotopic (exact) mass is 212 g/mol. The van der Waals surface area contributed by atoms with Crippen LogP contribution >= 0.6 is 0 Å². The minimum atomic E-state index is -4.48. The van der Waals surface area contributed by atoms with Crippen LogP contribution in [0.4, 0.5) is 3.89 Å². The quantitative estimate of drug-likeness (QED) is 0.625. The molecule has 0 radical (unpaired) electrons. The first-order valence-corrected chi connectivity index (χ1v) is 5.52. The molecule has 0 aliphatic carbocycles. The van der Waals surface area contributed by atoms with Crippen molar-refractivity contribution < 1.29 is 21.8 Å². The fourth-order valence-electron chi connectivity index (χ4n) is 1.26. The highest BCUT2D eigenvalue weighted by Gasteiger charge is 2.32.